The van der Waals surface area contributed by atoms with Crippen molar-refractivity contribution in [2.75, 3.05) is 27.2 Å². The van der Waals surface area contributed by atoms with E-state index in [1.807, 2.05) is 36.0 Å². The first-order chi connectivity index (χ1) is 19.7. The number of hydrogen-bond donors (Lipinski definition) is 2. The molecule has 1 aromatic carbocycles. The fourth-order valence-electron chi connectivity index (χ4n) is 6.89. The van der Waals surface area contributed by atoms with Crippen molar-refractivity contribution in [2.45, 2.75) is 63.6 Å². The molecule has 4 aliphatic rings. The van der Waals surface area contributed by atoms with E-state index in [-0.39, 0.29) is 36.8 Å². The number of hydrogen-bond acceptors (Lipinski definition) is 9. The monoisotopic (exact) mass is 559 g/mol. The lowest BCUT2D eigenvalue weighted by atomic mass is 9.86. The first-order valence-electron chi connectivity index (χ1n) is 14.2. The summed E-state index contributed by atoms with van der Waals surface area (Å²) >= 11 is 0. The highest BCUT2D eigenvalue weighted by atomic mass is 16.6. The van der Waals surface area contributed by atoms with E-state index < -0.39 is 11.6 Å². The van der Waals surface area contributed by atoms with Crippen molar-refractivity contribution >= 4 is 23.0 Å². The quantitative estimate of drug-likeness (QED) is 0.362. The number of rotatable bonds is 4. The molecule has 7 rings (SSSR count). The summed E-state index contributed by atoms with van der Waals surface area (Å²) in [6.45, 7) is 3.90. The minimum absolute atomic E-state index is 0.0879. The first kappa shape index (κ1) is 26.1. The lowest BCUT2D eigenvalue weighted by Gasteiger charge is -2.34. The van der Waals surface area contributed by atoms with Crippen LogP contribution in [0.2, 0.25) is 0 Å². The van der Waals surface area contributed by atoms with Crippen LogP contribution in [-0.2, 0) is 34.8 Å². The van der Waals surface area contributed by atoms with Crippen LogP contribution in [-0.4, -0.2) is 75.8 Å². The van der Waals surface area contributed by atoms with Crippen LogP contribution in [0.5, 0.6) is 5.75 Å². The molecule has 4 aliphatic heterocycles. The number of ether oxygens (including phenoxy) is 2. The van der Waals surface area contributed by atoms with Gasteiger partial charge in [-0.25, -0.2) is 14.6 Å². The highest BCUT2D eigenvalue weighted by Crippen LogP contribution is 2.40. The zero-order valence-corrected chi connectivity index (χ0v) is 23.4. The number of carbonyl (C=O) groups is 2. The van der Waals surface area contributed by atoms with E-state index in [2.05, 4.69) is 5.32 Å². The van der Waals surface area contributed by atoms with E-state index in [0.717, 1.165) is 42.4 Å². The Morgan fingerprint density at radius 3 is 2.68 bits per heavy atom. The van der Waals surface area contributed by atoms with Gasteiger partial charge in [0.25, 0.3) is 5.56 Å². The van der Waals surface area contributed by atoms with E-state index in [1.54, 1.807) is 23.6 Å². The number of piperazine rings is 1. The molecule has 2 saturated heterocycles. The van der Waals surface area contributed by atoms with Crippen LogP contribution in [0.3, 0.4) is 0 Å². The molecule has 1 amide bonds. The van der Waals surface area contributed by atoms with Crippen LogP contribution in [0, 0.1) is 0 Å². The zero-order chi connectivity index (χ0) is 28.6. The van der Waals surface area contributed by atoms with Gasteiger partial charge < -0.3 is 29.4 Å². The number of carbonyl (C=O) groups excluding carboxylic acids is 2. The Bertz CT molecular complexity index is 1670. The molecule has 11 heteroatoms. The first-order valence-corrected chi connectivity index (χ1v) is 14.2. The molecule has 2 fully saturated rings. The van der Waals surface area contributed by atoms with Gasteiger partial charge >= 0.3 is 12.1 Å². The average molecular weight is 560 g/mol. The van der Waals surface area contributed by atoms with E-state index in [4.69, 9.17) is 14.5 Å². The van der Waals surface area contributed by atoms with Crippen LogP contribution < -0.4 is 15.6 Å². The molecular weight excluding hydrogens is 526 g/mol. The van der Waals surface area contributed by atoms with Gasteiger partial charge in [-0.15, -0.1) is 0 Å². The summed E-state index contributed by atoms with van der Waals surface area (Å²) in [5.74, 6) is -0.242. The summed E-state index contributed by atoms with van der Waals surface area (Å²) in [7, 11) is 3.92. The van der Waals surface area contributed by atoms with Crippen molar-refractivity contribution < 1.29 is 24.2 Å². The molecule has 11 nitrogen and oxygen atoms in total. The standard InChI is InChI=1S/C30H33N5O6/c1-4-30(39)22-10-24-26-16(13-34(24)27(36)21(22)15-40-28(30)37)9-19-20(14-33(2)3)25(8-7-23(19)32-26)41-29(38)35-17-5-6-18(35)12-31-11-17/h7-10,17-18,31,39H,4-6,11-15H2,1-3H3. The summed E-state index contributed by atoms with van der Waals surface area (Å²) in [4.78, 5) is 48.2. The Labute approximate surface area is 236 Å². The minimum atomic E-state index is -1.87. The third kappa shape index (κ3) is 3.90. The second kappa shape index (κ2) is 9.37. The van der Waals surface area contributed by atoms with Crippen molar-refractivity contribution in [1.29, 1.82) is 0 Å². The molecular formula is C30H33N5O6. The lowest BCUT2D eigenvalue weighted by molar-refractivity contribution is -0.172. The zero-order valence-electron chi connectivity index (χ0n) is 23.4. The number of nitrogens with zero attached hydrogens (tertiary/aromatic N) is 4. The SMILES string of the molecule is CCC1(O)C(=O)OCc2c1cc1n(c2=O)Cc2cc3c(CN(C)C)c(OC(=O)N4C5CCC4CNC5)ccc3nc2-1. The van der Waals surface area contributed by atoms with Crippen molar-refractivity contribution in [2.24, 2.45) is 0 Å². The molecule has 2 bridgehead atoms. The van der Waals surface area contributed by atoms with Gasteiger partial charge in [0, 0.05) is 53.8 Å². The van der Waals surface area contributed by atoms with E-state index in [9.17, 15) is 19.5 Å². The van der Waals surface area contributed by atoms with Crippen molar-refractivity contribution in [1.82, 2.24) is 24.7 Å². The molecule has 3 aromatic rings. The summed E-state index contributed by atoms with van der Waals surface area (Å²) in [5.41, 5.74) is 1.99. The molecule has 0 aliphatic carbocycles. The summed E-state index contributed by atoms with van der Waals surface area (Å²) in [6, 6.07) is 7.66. The van der Waals surface area contributed by atoms with Gasteiger partial charge in [-0.3, -0.25) is 9.69 Å². The van der Waals surface area contributed by atoms with Crippen LogP contribution in [0.25, 0.3) is 22.3 Å². The Morgan fingerprint density at radius 2 is 1.98 bits per heavy atom. The Kier molecular flexibility index (Phi) is 5.97. The summed E-state index contributed by atoms with van der Waals surface area (Å²) < 4.78 is 12.9. The number of aliphatic hydroxyl groups is 1. The fourth-order valence-corrected chi connectivity index (χ4v) is 6.89. The molecule has 2 aromatic heterocycles. The van der Waals surface area contributed by atoms with Gasteiger partial charge in [-0.05, 0) is 57.6 Å². The minimum Gasteiger partial charge on any atom is -0.458 e. The number of cyclic esters (lactones) is 1. The Balaban J connectivity index is 1.31. The fraction of sp³-hybridized carbons (Fsp3) is 0.467. The van der Waals surface area contributed by atoms with Gasteiger partial charge in [0.15, 0.2) is 5.60 Å². The second-order valence-electron chi connectivity index (χ2n) is 11.8. The average Bonchev–Trinajstić information content (AvgIpc) is 3.44. The van der Waals surface area contributed by atoms with Crippen LogP contribution >= 0.6 is 0 Å². The van der Waals surface area contributed by atoms with Gasteiger partial charge in [-0.2, -0.15) is 0 Å². The number of amides is 1. The second-order valence-corrected chi connectivity index (χ2v) is 11.8. The summed E-state index contributed by atoms with van der Waals surface area (Å²) in [5, 5.41) is 15.4. The Hall–Kier alpha value is -3.80. The van der Waals surface area contributed by atoms with Gasteiger partial charge in [0.2, 0.25) is 0 Å². The molecule has 6 heterocycles. The predicted molar refractivity (Wildman–Crippen MR) is 149 cm³/mol. The third-order valence-corrected chi connectivity index (χ3v) is 9.02. The molecule has 0 spiro atoms. The van der Waals surface area contributed by atoms with Crippen molar-refractivity contribution in [3.63, 3.8) is 0 Å². The van der Waals surface area contributed by atoms with E-state index in [1.165, 1.54) is 0 Å². The van der Waals surface area contributed by atoms with E-state index >= 15 is 0 Å². The molecule has 2 N–H and O–H groups in total. The Morgan fingerprint density at radius 1 is 1.22 bits per heavy atom. The highest BCUT2D eigenvalue weighted by Gasteiger charge is 2.45. The molecule has 0 saturated carbocycles. The maximum atomic E-state index is 13.5. The number of esters is 1. The molecule has 0 radical (unpaired) electrons. The maximum absolute atomic E-state index is 13.5. The van der Waals surface area contributed by atoms with E-state index in [0.29, 0.717) is 46.9 Å². The number of fused-ring (bicyclic) bond motifs is 7. The highest BCUT2D eigenvalue weighted by molar-refractivity contribution is 5.90. The van der Waals surface area contributed by atoms with Crippen molar-refractivity contribution in [3.05, 3.63) is 56.9 Å². The van der Waals surface area contributed by atoms with Crippen LogP contribution in [0.15, 0.2) is 29.1 Å². The van der Waals surface area contributed by atoms with Gasteiger partial charge in [-0.1, -0.05) is 6.92 Å². The lowest BCUT2D eigenvalue weighted by Crippen LogP contribution is -2.55. The molecule has 3 atom stereocenters. The normalized spacial score (nSPS) is 24.3. The molecule has 3 unspecified atom stereocenters. The molecule has 214 valence electrons. The number of aromatic nitrogens is 2. The third-order valence-electron chi connectivity index (χ3n) is 9.02. The number of nitrogens with one attached hydrogen (secondary N) is 1. The van der Waals surface area contributed by atoms with Crippen LogP contribution in [0.4, 0.5) is 4.79 Å². The number of benzene rings is 1. The number of pyridine rings is 2. The maximum Gasteiger partial charge on any atom is 0.415 e. The summed E-state index contributed by atoms with van der Waals surface area (Å²) in [6.07, 6.45) is 1.72. The molecule has 41 heavy (non-hydrogen) atoms. The largest absolute Gasteiger partial charge is 0.458 e. The van der Waals surface area contributed by atoms with Gasteiger partial charge in [0.1, 0.15) is 12.4 Å². The smallest absolute Gasteiger partial charge is 0.415 e. The topological polar surface area (TPSA) is 126 Å². The predicted octanol–water partition coefficient (Wildman–Crippen LogP) is 2.08. The van der Waals surface area contributed by atoms with Crippen molar-refractivity contribution in [3.8, 4) is 17.1 Å². The van der Waals surface area contributed by atoms with Crippen LogP contribution in [0.1, 0.15) is 48.4 Å². The van der Waals surface area contributed by atoms with Gasteiger partial charge in [0.05, 0.1) is 29.0 Å².